The first-order chi connectivity index (χ1) is 4.48. The van der Waals surface area contributed by atoms with Crippen LogP contribution in [0, 0.1) is 0 Å². The van der Waals surface area contributed by atoms with Gasteiger partial charge in [0.15, 0.2) is 0 Å². The van der Waals surface area contributed by atoms with E-state index in [0.717, 1.165) is 6.54 Å². The van der Waals surface area contributed by atoms with Crippen molar-refractivity contribution in [1.82, 2.24) is 4.72 Å². The molecule has 10 heavy (non-hydrogen) atoms. The minimum Gasteiger partial charge on any atom is -0.372 e. The molecule has 0 unspecified atom stereocenters. The molecule has 1 N–H and O–H groups in total. The molecule has 0 aliphatic heterocycles. The molecule has 0 rings (SSSR count). The van der Waals surface area contributed by atoms with E-state index in [-0.39, 0.29) is 11.7 Å². The van der Waals surface area contributed by atoms with Crippen LogP contribution in [0.25, 0.3) is 0 Å². The second-order valence-corrected chi connectivity index (χ2v) is 3.58. The van der Waals surface area contributed by atoms with E-state index in [1.165, 1.54) is 0 Å². The Hall–Kier alpha value is 0.270. The van der Waals surface area contributed by atoms with E-state index >= 15 is 0 Å². The first-order valence-electron chi connectivity index (χ1n) is 3.53. The average Bonchev–Trinajstić information content (AvgIpc) is 1.59. The van der Waals surface area contributed by atoms with Gasteiger partial charge < -0.3 is 4.74 Å². The Labute approximate surface area is 68.9 Å². The highest BCUT2D eigenvalue weighted by molar-refractivity contribution is 7.78. The van der Waals surface area contributed by atoms with E-state index in [4.69, 9.17) is 4.74 Å². The van der Waals surface area contributed by atoms with Crippen molar-refractivity contribution in [3.05, 3.63) is 0 Å². The maximum atomic E-state index is 5.57. The summed E-state index contributed by atoms with van der Waals surface area (Å²) in [6, 6.07) is 0. The van der Waals surface area contributed by atoms with Gasteiger partial charge in [-0.25, -0.2) is 0 Å². The lowest BCUT2D eigenvalue weighted by Gasteiger charge is -2.26. The highest BCUT2D eigenvalue weighted by Gasteiger charge is 2.18. The Morgan fingerprint density at radius 3 is 2.30 bits per heavy atom. The van der Waals surface area contributed by atoms with Gasteiger partial charge in [-0.2, -0.15) is 0 Å². The number of hydrogen-bond donors (Lipinski definition) is 2. The zero-order valence-corrected chi connectivity index (χ0v) is 8.03. The Kier molecular flexibility index (Phi) is 4.32. The van der Waals surface area contributed by atoms with Crippen molar-refractivity contribution in [2.24, 2.45) is 0 Å². The van der Waals surface area contributed by atoms with Crippen molar-refractivity contribution in [3.63, 3.8) is 0 Å². The maximum Gasteiger partial charge on any atom is 0.0763 e. The molecule has 2 nitrogen and oxygen atoms in total. The molecule has 0 aliphatic carbocycles. The fourth-order valence-corrected chi connectivity index (χ4v) is 1.25. The van der Waals surface area contributed by atoms with Crippen molar-refractivity contribution in [1.29, 1.82) is 0 Å². The second-order valence-electron chi connectivity index (χ2n) is 3.26. The quantitative estimate of drug-likeness (QED) is 0.615. The van der Waals surface area contributed by atoms with E-state index < -0.39 is 0 Å². The minimum atomic E-state index is -0.115. The number of hydrogen-bond acceptors (Lipinski definition) is 3. The summed E-state index contributed by atoms with van der Waals surface area (Å²) < 4.78 is 8.35. The van der Waals surface area contributed by atoms with E-state index in [1.54, 1.807) is 0 Å². The molecular formula is C7H17NOS. The maximum absolute atomic E-state index is 5.57. The van der Waals surface area contributed by atoms with E-state index in [2.05, 4.69) is 17.5 Å². The number of rotatable bonds is 4. The normalized spacial score (nSPS) is 12.6. The van der Waals surface area contributed by atoms with Crippen LogP contribution in [0.15, 0.2) is 0 Å². The number of ether oxygens (including phenoxy) is 1. The van der Waals surface area contributed by atoms with Crippen LogP contribution in [0.3, 0.4) is 0 Å². The largest absolute Gasteiger partial charge is 0.372 e. The molecule has 0 atom stereocenters. The molecule has 0 radical (unpaired) electrons. The molecule has 0 saturated carbocycles. The van der Waals surface area contributed by atoms with Gasteiger partial charge in [-0.05, 0) is 27.7 Å². The van der Waals surface area contributed by atoms with Gasteiger partial charge in [0, 0.05) is 6.54 Å². The molecule has 0 aromatic heterocycles. The lowest BCUT2D eigenvalue weighted by atomic mass is 10.1. The van der Waals surface area contributed by atoms with Crippen molar-refractivity contribution in [3.8, 4) is 0 Å². The second kappa shape index (κ2) is 4.21. The summed E-state index contributed by atoms with van der Waals surface area (Å²) in [5.74, 6) is 0. The Morgan fingerprint density at radius 2 is 2.00 bits per heavy atom. The molecule has 0 amide bonds. The topological polar surface area (TPSA) is 21.3 Å². The summed E-state index contributed by atoms with van der Waals surface area (Å²) in [7, 11) is 0. The molecular weight excluding hydrogens is 146 g/mol. The standard InChI is InChI=1S/C7H17NOS/c1-6(2)9-7(3,4)5-8-10/h6,8,10H,5H2,1-4H3. The van der Waals surface area contributed by atoms with E-state index in [0.29, 0.717) is 0 Å². The van der Waals surface area contributed by atoms with Crippen LogP contribution < -0.4 is 4.72 Å². The molecule has 0 aromatic rings. The summed E-state index contributed by atoms with van der Waals surface area (Å²) in [6.07, 6.45) is 0.275. The zero-order valence-electron chi connectivity index (χ0n) is 7.14. The van der Waals surface area contributed by atoms with Gasteiger partial charge in [-0.1, -0.05) is 12.8 Å². The van der Waals surface area contributed by atoms with Gasteiger partial charge >= 0.3 is 0 Å². The van der Waals surface area contributed by atoms with Gasteiger partial charge in [-0.3, -0.25) is 4.72 Å². The van der Waals surface area contributed by atoms with Crippen LogP contribution in [-0.4, -0.2) is 18.2 Å². The van der Waals surface area contributed by atoms with Crippen molar-refractivity contribution in [2.75, 3.05) is 6.54 Å². The van der Waals surface area contributed by atoms with Crippen LogP contribution >= 0.6 is 12.8 Å². The fourth-order valence-electron chi connectivity index (χ4n) is 0.870. The molecule has 0 bridgehead atoms. The monoisotopic (exact) mass is 163 g/mol. The highest BCUT2D eigenvalue weighted by atomic mass is 32.1. The number of nitrogens with one attached hydrogen (secondary N) is 1. The predicted octanol–water partition coefficient (Wildman–Crippen LogP) is 1.62. The molecule has 3 heteroatoms. The third kappa shape index (κ3) is 5.09. The average molecular weight is 163 g/mol. The SMILES string of the molecule is CC(C)OC(C)(C)CNS. The van der Waals surface area contributed by atoms with Crippen LogP contribution in [0.5, 0.6) is 0 Å². The summed E-state index contributed by atoms with van der Waals surface area (Å²) in [5.41, 5.74) is -0.115. The van der Waals surface area contributed by atoms with Gasteiger partial charge in [0.25, 0.3) is 0 Å². The fraction of sp³-hybridized carbons (Fsp3) is 1.00. The van der Waals surface area contributed by atoms with E-state index in [1.807, 2.05) is 27.7 Å². The summed E-state index contributed by atoms with van der Waals surface area (Å²) in [6.45, 7) is 8.89. The van der Waals surface area contributed by atoms with Crippen molar-refractivity contribution < 1.29 is 4.74 Å². The number of thiol groups is 1. The molecule has 62 valence electrons. The van der Waals surface area contributed by atoms with Crippen molar-refractivity contribution >= 4 is 12.8 Å². The Balaban J connectivity index is 3.63. The third-order valence-corrected chi connectivity index (χ3v) is 1.22. The molecule has 0 aliphatic rings. The molecule has 0 spiro atoms. The summed E-state index contributed by atoms with van der Waals surface area (Å²) >= 11 is 3.91. The first kappa shape index (κ1) is 10.3. The summed E-state index contributed by atoms with van der Waals surface area (Å²) in [5, 5.41) is 0. The van der Waals surface area contributed by atoms with Gasteiger partial charge in [0.1, 0.15) is 0 Å². The molecule has 0 aromatic carbocycles. The van der Waals surface area contributed by atoms with Gasteiger partial charge in [0.2, 0.25) is 0 Å². The van der Waals surface area contributed by atoms with Crippen LogP contribution in [0.4, 0.5) is 0 Å². The minimum absolute atomic E-state index is 0.115. The first-order valence-corrected chi connectivity index (χ1v) is 3.97. The Morgan fingerprint density at radius 1 is 1.50 bits per heavy atom. The van der Waals surface area contributed by atoms with Crippen LogP contribution in [-0.2, 0) is 4.74 Å². The molecule has 0 saturated heterocycles. The van der Waals surface area contributed by atoms with Crippen LogP contribution in [0.1, 0.15) is 27.7 Å². The van der Waals surface area contributed by atoms with Gasteiger partial charge in [-0.15, -0.1) is 0 Å². The summed E-state index contributed by atoms with van der Waals surface area (Å²) in [4.78, 5) is 0. The molecule has 0 fully saturated rings. The highest BCUT2D eigenvalue weighted by Crippen LogP contribution is 2.10. The third-order valence-electron chi connectivity index (χ3n) is 1.06. The molecule has 0 heterocycles. The van der Waals surface area contributed by atoms with Crippen molar-refractivity contribution in [2.45, 2.75) is 39.4 Å². The lowest BCUT2D eigenvalue weighted by molar-refractivity contribution is -0.0505. The van der Waals surface area contributed by atoms with Gasteiger partial charge in [0.05, 0.1) is 11.7 Å². The predicted molar refractivity (Wildman–Crippen MR) is 47.3 cm³/mol. The van der Waals surface area contributed by atoms with Crippen LogP contribution in [0.2, 0.25) is 0 Å². The zero-order chi connectivity index (χ0) is 8.20. The Bertz CT molecular complexity index is 93.6. The van der Waals surface area contributed by atoms with E-state index in [9.17, 15) is 0 Å². The lowest BCUT2D eigenvalue weighted by Crippen LogP contribution is -2.36. The smallest absolute Gasteiger partial charge is 0.0763 e.